The van der Waals surface area contributed by atoms with E-state index in [4.69, 9.17) is 9.84 Å². The molecule has 5 heteroatoms. The fourth-order valence-corrected chi connectivity index (χ4v) is 2.73. The highest BCUT2D eigenvalue weighted by molar-refractivity contribution is 5.92. The van der Waals surface area contributed by atoms with Gasteiger partial charge in [0.05, 0.1) is 12.5 Å². The highest BCUT2D eigenvalue weighted by atomic mass is 16.5. The lowest BCUT2D eigenvalue weighted by atomic mass is 9.94. The summed E-state index contributed by atoms with van der Waals surface area (Å²) in [4.78, 5) is 22.9. The second-order valence-corrected chi connectivity index (χ2v) is 5.74. The zero-order chi connectivity index (χ0) is 16.0. The summed E-state index contributed by atoms with van der Waals surface area (Å²) in [6, 6.07) is 7.67. The number of carboxylic acid groups (broad SMARTS) is 1. The molecular weight excluding hydrogens is 282 g/mol. The number of carbonyl (C=O) groups excluding carboxylic acids is 1. The summed E-state index contributed by atoms with van der Waals surface area (Å²) >= 11 is 0. The lowest BCUT2D eigenvalue weighted by Gasteiger charge is -2.18. The molecular formula is C17H23NO4. The first-order valence-electron chi connectivity index (χ1n) is 7.74. The van der Waals surface area contributed by atoms with Gasteiger partial charge in [0.2, 0.25) is 5.91 Å². The number of hydrogen-bond donors (Lipinski definition) is 2. The van der Waals surface area contributed by atoms with Crippen molar-refractivity contribution in [1.29, 1.82) is 0 Å². The Kier molecular flexibility index (Phi) is 5.41. The normalized spacial score (nSPS) is 15.1. The van der Waals surface area contributed by atoms with Crippen LogP contribution in [0.5, 0.6) is 5.75 Å². The Labute approximate surface area is 130 Å². The van der Waals surface area contributed by atoms with E-state index in [0.717, 1.165) is 37.0 Å². The smallest absolute Gasteiger partial charge is 0.303 e. The summed E-state index contributed by atoms with van der Waals surface area (Å²) in [5, 5.41) is 11.5. The Bertz CT molecular complexity index is 537. The van der Waals surface area contributed by atoms with Gasteiger partial charge in [-0.2, -0.15) is 0 Å². The zero-order valence-electron chi connectivity index (χ0n) is 12.9. The summed E-state index contributed by atoms with van der Waals surface area (Å²) < 4.78 is 5.37. The molecule has 0 heterocycles. The molecule has 22 heavy (non-hydrogen) atoms. The molecule has 0 bridgehead atoms. The predicted molar refractivity (Wildman–Crippen MR) is 83.0 cm³/mol. The fourth-order valence-electron chi connectivity index (χ4n) is 2.73. The second-order valence-electron chi connectivity index (χ2n) is 5.74. The molecule has 120 valence electrons. The Morgan fingerprint density at radius 1 is 1.23 bits per heavy atom. The lowest BCUT2D eigenvalue weighted by Crippen LogP contribution is -2.35. The van der Waals surface area contributed by atoms with Gasteiger partial charge >= 0.3 is 5.97 Å². The highest BCUT2D eigenvalue weighted by Gasteiger charge is 2.52. The van der Waals surface area contributed by atoms with Crippen LogP contribution in [0, 0.1) is 0 Å². The minimum Gasteiger partial charge on any atom is -0.496 e. The van der Waals surface area contributed by atoms with Crippen molar-refractivity contribution in [3.63, 3.8) is 0 Å². The Morgan fingerprint density at radius 2 is 1.95 bits per heavy atom. The molecule has 1 aliphatic rings. The van der Waals surface area contributed by atoms with Crippen LogP contribution >= 0.6 is 0 Å². The van der Waals surface area contributed by atoms with Crippen molar-refractivity contribution >= 4 is 11.9 Å². The van der Waals surface area contributed by atoms with Crippen molar-refractivity contribution in [2.75, 3.05) is 13.7 Å². The number of aliphatic carboxylic acids is 1. The van der Waals surface area contributed by atoms with Crippen LogP contribution in [0.3, 0.4) is 0 Å². The molecule has 1 aromatic carbocycles. The third-order valence-electron chi connectivity index (χ3n) is 4.16. The molecule has 0 unspecified atom stereocenters. The van der Waals surface area contributed by atoms with Crippen LogP contribution in [0.4, 0.5) is 0 Å². The van der Waals surface area contributed by atoms with E-state index >= 15 is 0 Å². The monoisotopic (exact) mass is 305 g/mol. The number of ether oxygens (including phenoxy) is 1. The van der Waals surface area contributed by atoms with Gasteiger partial charge in [-0.3, -0.25) is 9.59 Å². The number of methoxy groups -OCH3 is 1. The van der Waals surface area contributed by atoms with Crippen molar-refractivity contribution in [2.24, 2.45) is 0 Å². The molecule has 0 radical (unpaired) electrons. The van der Waals surface area contributed by atoms with E-state index in [1.807, 2.05) is 24.3 Å². The van der Waals surface area contributed by atoms with Gasteiger partial charge in [0.1, 0.15) is 5.75 Å². The molecule has 2 rings (SSSR count). The summed E-state index contributed by atoms with van der Waals surface area (Å²) in [6.45, 7) is 0.593. The van der Waals surface area contributed by atoms with Gasteiger partial charge in [-0.25, -0.2) is 0 Å². The number of para-hydroxylation sites is 1. The maximum Gasteiger partial charge on any atom is 0.303 e. The predicted octanol–water partition coefficient (Wildman–Crippen LogP) is 2.49. The van der Waals surface area contributed by atoms with E-state index in [2.05, 4.69) is 5.32 Å². The summed E-state index contributed by atoms with van der Waals surface area (Å²) in [7, 11) is 1.62. The SMILES string of the molecule is COc1ccccc1C1(C(=O)NCCCCCC(=O)O)CC1. The molecule has 2 N–H and O–H groups in total. The van der Waals surface area contributed by atoms with E-state index in [1.165, 1.54) is 0 Å². The second kappa shape index (κ2) is 7.29. The number of benzene rings is 1. The van der Waals surface area contributed by atoms with Gasteiger partial charge in [0.25, 0.3) is 0 Å². The average molecular weight is 305 g/mol. The molecule has 1 aliphatic carbocycles. The maximum absolute atomic E-state index is 12.5. The molecule has 0 atom stereocenters. The molecule has 1 saturated carbocycles. The van der Waals surface area contributed by atoms with E-state index in [0.29, 0.717) is 13.0 Å². The molecule has 0 spiro atoms. The van der Waals surface area contributed by atoms with Crippen molar-refractivity contribution in [3.05, 3.63) is 29.8 Å². The summed E-state index contributed by atoms with van der Waals surface area (Å²) in [5.74, 6) is 0.0454. The van der Waals surface area contributed by atoms with E-state index in [1.54, 1.807) is 7.11 Å². The topological polar surface area (TPSA) is 75.6 Å². The minimum atomic E-state index is -0.767. The average Bonchev–Trinajstić information content (AvgIpc) is 3.32. The fraction of sp³-hybridized carbons (Fsp3) is 0.529. The Balaban J connectivity index is 1.83. The minimum absolute atomic E-state index is 0.0511. The number of carboxylic acids is 1. The number of carbonyl (C=O) groups is 2. The highest BCUT2D eigenvalue weighted by Crippen LogP contribution is 2.51. The van der Waals surface area contributed by atoms with Crippen molar-refractivity contribution in [2.45, 2.75) is 43.9 Å². The standard InChI is InChI=1S/C17H23NO4/c1-22-14-8-5-4-7-13(14)17(10-11-17)16(21)18-12-6-2-3-9-15(19)20/h4-5,7-8H,2-3,6,9-12H2,1H3,(H,18,21)(H,19,20). The van der Waals surface area contributed by atoms with Crippen LogP contribution in [-0.4, -0.2) is 30.6 Å². The molecule has 1 fully saturated rings. The van der Waals surface area contributed by atoms with Gasteiger partial charge in [0, 0.05) is 18.5 Å². The zero-order valence-corrected chi connectivity index (χ0v) is 12.9. The molecule has 0 aromatic heterocycles. The first kappa shape index (κ1) is 16.3. The van der Waals surface area contributed by atoms with Gasteiger partial charge in [-0.05, 0) is 31.7 Å². The van der Waals surface area contributed by atoms with Crippen molar-refractivity contribution < 1.29 is 19.4 Å². The van der Waals surface area contributed by atoms with Gasteiger partial charge < -0.3 is 15.2 Å². The van der Waals surface area contributed by atoms with Crippen molar-refractivity contribution in [3.8, 4) is 5.75 Å². The van der Waals surface area contributed by atoms with Crippen LogP contribution in [0.2, 0.25) is 0 Å². The quantitative estimate of drug-likeness (QED) is 0.687. The third kappa shape index (κ3) is 3.78. The first-order valence-corrected chi connectivity index (χ1v) is 7.74. The molecule has 1 aromatic rings. The van der Waals surface area contributed by atoms with E-state index in [9.17, 15) is 9.59 Å². The Hall–Kier alpha value is -2.04. The maximum atomic E-state index is 12.5. The van der Waals surface area contributed by atoms with Crippen LogP contribution in [0.25, 0.3) is 0 Å². The Morgan fingerprint density at radius 3 is 2.59 bits per heavy atom. The van der Waals surface area contributed by atoms with Gasteiger partial charge in [-0.1, -0.05) is 24.6 Å². The summed E-state index contributed by atoms with van der Waals surface area (Å²) in [5.41, 5.74) is 0.522. The molecule has 0 aliphatic heterocycles. The van der Waals surface area contributed by atoms with E-state index in [-0.39, 0.29) is 12.3 Å². The van der Waals surface area contributed by atoms with E-state index < -0.39 is 11.4 Å². The van der Waals surface area contributed by atoms with Crippen LogP contribution in [0.1, 0.15) is 44.1 Å². The largest absolute Gasteiger partial charge is 0.496 e. The lowest BCUT2D eigenvalue weighted by molar-refractivity contribution is -0.137. The molecule has 1 amide bonds. The number of hydrogen-bond acceptors (Lipinski definition) is 3. The first-order chi connectivity index (χ1) is 10.6. The number of amides is 1. The van der Waals surface area contributed by atoms with Crippen molar-refractivity contribution in [1.82, 2.24) is 5.32 Å². The summed E-state index contributed by atoms with van der Waals surface area (Å²) in [6.07, 6.45) is 4.16. The van der Waals surface area contributed by atoms with Crippen LogP contribution in [0.15, 0.2) is 24.3 Å². The number of rotatable bonds is 9. The number of nitrogens with one attached hydrogen (secondary N) is 1. The van der Waals surface area contributed by atoms with Crippen LogP contribution in [-0.2, 0) is 15.0 Å². The molecule has 0 saturated heterocycles. The number of unbranched alkanes of at least 4 members (excludes halogenated alkanes) is 2. The van der Waals surface area contributed by atoms with Gasteiger partial charge in [-0.15, -0.1) is 0 Å². The molecule has 5 nitrogen and oxygen atoms in total. The van der Waals surface area contributed by atoms with Crippen LogP contribution < -0.4 is 10.1 Å². The third-order valence-corrected chi connectivity index (χ3v) is 4.16. The van der Waals surface area contributed by atoms with Gasteiger partial charge in [0.15, 0.2) is 0 Å².